The molecule has 0 spiro atoms. The number of aromatic nitrogens is 3. The van der Waals surface area contributed by atoms with Crippen LogP contribution in [0.2, 0.25) is 0 Å². The number of hydrazone groups is 1. The van der Waals surface area contributed by atoms with Crippen LogP contribution >= 0.6 is 0 Å². The second-order valence-electron chi connectivity index (χ2n) is 8.49. The highest BCUT2D eigenvalue weighted by Gasteiger charge is 2.39. The zero-order valence-electron chi connectivity index (χ0n) is 19.0. The van der Waals surface area contributed by atoms with Crippen LogP contribution < -0.4 is 10.5 Å². The lowest BCUT2D eigenvalue weighted by atomic mass is 10.0. The molecule has 0 unspecified atom stereocenters. The van der Waals surface area contributed by atoms with Gasteiger partial charge in [-0.05, 0) is 36.8 Å². The van der Waals surface area contributed by atoms with Crippen LogP contribution in [0.3, 0.4) is 0 Å². The Bertz CT molecular complexity index is 1320. The van der Waals surface area contributed by atoms with Crippen LogP contribution in [0.5, 0.6) is 5.88 Å². The Labute approximate surface area is 198 Å². The number of aryl methyl sites for hydroxylation is 1. The van der Waals surface area contributed by atoms with E-state index < -0.39 is 35.6 Å². The van der Waals surface area contributed by atoms with E-state index >= 15 is 0 Å². The summed E-state index contributed by atoms with van der Waals surface area (Å²) in [4.78, 5) is 18.7. The molecule has 4 heterocycles. The molecule has 1 atom stereocenters. The molecule has 9 nitrogen and oxygen atoms in total. The standard InChI is InChI=1S/C23H22F3N7O2/c1-12-20(31(2)30-21(12)27)18-4-3-17(26)22(29-18)35-16-10-32(11-16)23(34)33-19(5-6-28-33)13-7-14(24)9-15(25)8-13/h3-4,6-9,16,19H,5,10-11H2,1-2H3,(H2,27,30)/t19-/m0/s1. The van der Waals surface area contributed by atoms with E-state index in [9.17, 15) is 18.0 Å². The molecule has 2 amide bonds. The molecule has 2 aliphatic rings. The number of amides is 2. The molecule has 5 rings (SSSR count). The van der Waals surface area contributed by atoms with Crippen molar-refractivity contribution in [1.82, 2.24) is 24.7 Å². The van der Waals surface area contributed by atoms with E-state index in [0.717, 1.165) is 11.6 Å². The number of carbonyl (C=O) groups is 1. The molecular weight excluding hydrogens is 463 g/mol. The summed E-state index contributed by atoms with van der Waals surface area (Å²) in [6.07, 6.45) is 1.38. The molecule has 1 aromatic carbocycles. The highest BCUT2D eigenvalue weighted by molar-refractivity contribution is 5.79. The maximum atomic E-state index is 14.4. The maximum absolute atomic E-state index is 14.4. The summed E-state index contributed by atoms with van der Waals surface area (Å²) in [5.41, 5.74) is 7.99. The van der Waals surface area contributed by atoms with Crippen LogP contribution in [-0.4, -0.2) is 56.1 Å². The first-order valence-corrected chi connectivity index (χ1v) is 10.9. The monoisotopic (exact) mass is 485 g/mol. The van der Waals surface area contributed by atoms with Crippen LogP contribution in [-0.2, 0) is 7.05 Å². The molecule has 0 aliphatic carbocycles. The predicted molar refractivity (Wildman–Crippen MR) is 121 cm³/mol. The van der Waals surface area contributed by atoms with Crippen LogP contribution in [0.1, 0.15) is 23.6 Å². The van der Waals surface area contributed by atoms with Gasteiger partial charge >= 0.3 is 6.03 Å². The summed E-state index contributed by atoms with van der Waals surface area (Å²) < 4.78 is 49.0. The van der Waals surface area contributed by atoms with E-state index in [-0.39, 0.29) is 19.0 Å². The molecule has 182 valence electrons. The van der Waals surface area contributed by atoms with Crippen LogP contribution in [0.15, 0.2) is 35.4 Å². The number of nitrogens with two attached hydrogens (primary N) is 1. The largest absolute Gasteiger partial charge is 0.468 e. The van der Waals surface area contributed by atoms with Gasteiger partial charge < -0.3 is 15.4 Å². The predicted octanol–water partition coefficient (Wildman–Crippen LogP) is 3.41. The van der Waals surface area contributed by atoms with Gasteiger partial charge in [0.05, 0.1) is 30.5 Å². The fourth-order valence-electron chi connectivity index (χ4n) is 4.26. The van der Waals surface area contributed by atoms with E-state index in [1.807, 2.05) is 0 Å². The SMILES string of the molecule is Cc1c(N)nn(C)c1-c1ccc(F)c(OC2CN(C(=O)N3N=CC[C@H]3c3cc(F)cc(F)c3)C2)n1. The van der Waals surface area contributed by atoms with Crippen molar-refractivity contribution in [3.63, 3.8) is 0 Å². The molecule has 0 radical (unpaired) electrons. The Kier molecular flexibility index (Phi) is 5.58. The normalized spacial score (nSPS) is 17.7. The highest BCUT2D eigenvalue weighted by Crippen LogP contribution is 2.32. The second kappa shape index (κ2) is 8.60. The number of halogens is 3. The molecule has 35 heavy (non-hydrogen) atoms. The first-order valence-electron chi connectivity index (χ1n) is 10.9. The number of urea groups is 1. The summed E-state index contributed by atoms with van der Waals surface area (Å²) in [5.74, 6) is -1.92. The smallest absolute Gasteiger partial charge is 0.341 e. The van der Waals surface area contributed by atoms with Gasteiger partial charge in [-0.15, -0.1) is 0 Å². The van der Waals surface area contributed by atoms with Crippen molar-refractivity contribution in [2.75, 3.05) is 18.8 Å². The van der Waals surface area contributed by atoms with Gasteiger partial charge in [0, 0.05) is 31.3 Å². The third-order valence-electron chi connectivity index (χ3n) is 6.07. The average Bonchev–Trinajstić information content (AvgIpc) is 3.35. The summed E-state index contributed by atoms with van der Waals surface area (Å²) in [7, 11) is 1.71. The molecule has 2 N–H and O–H groups in total. The summed E-state index contributed by atoms with van der Waals surface area (Å²) in [5, 5.41) is 9.43. The van der Waals surface area contributed by atoms with Gasteiger partial charge in [0.2, 0.25) is 0 Å². The van der Waals surface area contributed by atoms with Crippen LogP contribution in [0.4, 0.5) is 23.8 Å². The Morgan fingerprint density at radius 3 is 2.51 bits per heavy atom. The number of nitrogen functional groups attached to an aromatic ring is 1. The zero-order valence-corrected chi connectivity index (χ0v) is 19.0. The molecule has 0 bridgehead atoms. The van der Waals surface area contributed by atoms with Gasteiger partial charge in [-0.25, -0.2) is 28.0 Å². The van der Waals surface area contributed by atoms with E-state index in [2.05, 4.69) is 15.2 Å². The van der Waals surface area contributed by atoms with Gasteiger partial charge in [0.1, 0.15) is 23.6 Å². The van der Waals surface area contributed by atoms with E-state index in [1.165, 1.54) is 40.4 Å². The number of likely N-dealkylation sites (tertiary alicyclic amines) is 1. The fourth-order valence-corrected chi connectivity index (χ4v) is 4.26. The minimum absolute atomic E-state index is 0.179. The number of hydrogen-bond donors (Lipinski definition) is 1. The Balaban J connectivity index is 1.26. The van der Waals surface area contributed by atoms with Crippen molar-refractivity contribution in [2.45, 2.75) is 25.5 Å². The number of rotatable bonds is 4. The van der Waals surface area contributed by atoms with Crippen molar-refractivity contribution in [1.29, 1.82) is 0 Å². The second-order valence-corrected chi connectivity index (χ2v) is 8.49. The zero-order chi connectivity index (χ0) is 24.9. The molecule has 2 aliphatic heterocycles. The molecule has 12 heteroatoms. The number of pyridine rings is 1. The molecule has 3 aromatic rings. The van der Waals surface area contributed by atoms with Crippen molar-refractivity contribution >= 4 is 18.1 Å². The number of carbonyl (C=O) groups excluding carboxylic acids is 1. The Hall–Kier alpha value is -4.09. The van der Waals surface area contributed by atoms with Gasteiger partial charge in [-0.1, -0.05) is 0 Å². The summed E-state index contributed by atoms with van der Waals surface area (Å²) in [6, 6.07) is 4.87. The van der Waals surface area contributed by atoms with Gasteiger partial charge in [0.25, 0.3) is 5.88 Å². The topological polar surface area (TPSA) is 102 Å². The minimum atomic E-state index is -0.725. The van der Waals surface area contributed by atoms with Gasteiger partial charge in [-0.2, -0.15) is 10.2 Å². The number of hydrogen-bond acceptors (Lipinski definition) is 6. The van der Waals surface area contributed by atoms with Crippen LogP contribution in [0, 0.1) is 24.4 Å². The summed E-state index contributed by atoms with van der Waals surface area (Å²) in [6.45, 7) is 2.15. The third kappa shape index (κ3) is 4.15. The molecular formula is C23H22F3N7O2. The Morgan fingerprint density at radius 1 is 1.14 bits per heavy atom. The first-order chi connectivity index (χ1) is 16.7. The van der Waals surface area contributed by atoms with Crippen molar-refractivity contribution in [2.24, 2.45) is 12.1 Å². The summed E-state index contributed by atoms with van der Waals surface area (Å²) >= 11 is 0. The quantitative estimate of drug-likeness (QED) is 0.610. The lowest BCUT2D eigenvalue weighted by Crippen LogP contribution is -2.59. The van der Waals surface area contributed by atoms with E-state index in [4.69, 9.17) is 10.5 Å². The van der Waals surface area contributed by atoms with Crippen molar-refractivity contribution < 1.29 is 22.7 Å². The maximum Gasteiger partial charge on any atom is 0.341 e. The lowest BCUT2D eigenvalue weighted by molar-refractivity contribution is 0.0231. The van der Waals surface area contributed by atoms with Gasteiger partial charge in [0.15, 0.2) is 5.82 Å². The van der Waals surface area contributed by atoms with Crippen LogP contribution in [0.25, 0.3) is 11.4 Å². The van der Waals surface area contributed by atoms with E-state index in [0.29, 0.717) is 29.2 Å². The number of ether oxygens (including phenoxy) is 1. The van der Waals surface area contributed by atoms with E-state index in [1.54, 1.807) is 18.7 Å². The third-order valence-corrected chi connectivity index (χ3v) is 6.07. The molecule has 0 saturated carbocycles. The first kappa shape index (κ1) is 22.7. The molecule has 1 saturated heterocycles. The van der Waals surface area contributed by atoms with Crippen molar-refractivity contribution in [3.8, 4) is 17.3 Å². The minimum Gasteiger partial charge on any atom is -0.468 e. The average molecular weight is 485 g/mol. The number of benzene rings is 1. The van der Waals surface area contributed by atoms with Crippen molar-refractivity contribution in [3.05, 3.63) is 58.9 Å². The number of anilines is 1. The molecule has 1 fully saturated rings. The highest BCUT2D eigenvalue weighted by atomic mass is 19.1. The van der Waals surface area contributed by atoms with Gasteiger partial charge in [-0.3, -0.25) is 4.68 Å². The number of nitrogens with zero attached hydrogens (tertiary/aromatic N) is 6. The lowest BCUT2D eigenvalue weighted by Gasteiger charge is -2.40. The Morgan fingerprint density at radius 2 is 1.86 bits per heavy atom. The molecule has 2 aromatic heterocycles. The fraction of sp³-hybridized carbons (Fsp3) is 0.304.